The minimum absolute atomic E-state index is 0.236. The van der Waals surface area contributed by atoms with Crippen molar-refractivity contribution in [2.75, 3.05) is 26.2 Å². The van der Waals surface area contributed by atoms with Gasteiger partial charge in [0.15, 0.2) is 11.6 Å². The maximum Gasteiger partial charge on any atom is 0.165 e. The fourth-order valence-electron chi connectivity index (χ4n) is 6.72. The third kappa shape index (κ3) is 7.98. The molecule has 49 heavy (non-hydrogen) atoms. The minimum atomic E-state index is -0.387. The lowest BCUT2D eigenvalue weighted by Crippen LogP contribution is -2.33. The summed E-state index contributed by atoms with van der Waals surface area (Å²) in [5, 5.41) is 1.07. The van der Waals surface area contributed by atoms with Crippen LogP contribution in [0.1, 0.15) is 41.5 Å². The Morgan fingerprint density at radius 2 is 1.31 bits per heavy atom. The zero-order valence-electron chi connectivity index (χ0n) is 28.1. The molecule has 250 valence electrons. The Morgan fingerprint density at radius 3 is 2.00 bits per heavy atom. The lowest BCUT2D eigenvalue weighted by atomic mass is 10.1. The number of ether oxygens (including phenoxy) is 3. The van der Waals surface area contributed by atoms with Crippen molar-refractivity contribution in [2.24, 2.45) is 0 Å². The number of benzene rings is 5. The smallest absolute Gasteiger partial charge is 0.165 e. The summed E-state index contributed by atoms with van der Waals surface area (Å²) in [5.74, 6) is 1.52. The van der Waals surface area contributed by atoms with E-state index in [4.69, 9.17) is 14.2 Å². The van der Waals surface area contributed by atoms with Gasteiger partial charge in [0.2, 0.25) is 0 Å². The number of rotatable bonds is 13. The molecule has 7 rings (SSSR count). The summed E-state index contributed by atoms with van der Waals surface area (Å²) >= 11 is 0. The van der Waals surface area contributed by atoms with E-state index < -0.39 is 0 Å². The van der Waals surface area contributed by atoms with E-state index in [9.17, 15) is 0 Å². The standard InChI is InChI=1S/C43H43FN2O3/c1-32-39-28-38(48-30-34-11-5-2-6-12-34)20-21-41(39)46(29-33-15-18-37(19-16-33)47-26-25-45-23-9-4-10-24-45)43(32)36-17-22-42(40(44)27-36)49-31-35-13-7-3-8-14-35/h2-3,5-8,11-22,27-28H,4,9-10,23-26,29-31H2,1H3. The predicted molar refractivity (Wildman–Crippen MR) is 195 cm³/mol. The molecule has 0 saturated carbocycles. The van der Waals surface area contributed by atoms with E-state index in [2.05, 4.69) is 64.9 Å². The molecule has 1 fully saturated rings. The number of hydrogen-bond acceptors (Lipinski definition) is 4. The Bertz CT molecular complexity index is 1970. The Hall–Kier alpha value is -5.07. The summed E-state index contributed by atoms with van der Waals surface area (Å²) in [6.07, 6.45) is 3.90. The van der Waals surface area contributed by atoms with Gasteiger partial charge in [0.25, 0.3) is 0 Å². The molecule has 5 nitrogen and oxygen atoms in total. The van der Waals surface area contributed by atoms with Gasteiger partial charge in [0.05, 0.1) is 5.69 Å². The van der Waals surface area contributed by atoms with Gasteiger partial charge in [-0.25, -0.2) is 4.39 Å². The first-order chi connectivity index (χ1) is 24.1. The molecule has 1 saturated heterocycles. The Kier molecular flexibility index (Phi) is 10.2. The van der Waals surface area contributed by atoms with Crippen LogP contribution < -0.4 is 14.2 Å². The highest BCUT2D eigenvalue weighted by Gasteiger charge is 2.19. The van der Waals surface area contributed by atoms with E-state index in [0.717, 1.165) is 62.5 Å². The number of likely N-dealkylation sites (tertiary alicyclic amines) is 1. The first-order valence-corrected chi connectivity index (χ1v) is 17.3. The van der Waals surface area contributed by atoms with Crippen LogP contribution in [0.2, 0.25) is 0 Å². The van der Waals surface area contributed by atoms with E-state index in [1.54, 1.807) is 12.1 Å². The monoisotopic (exact) mass is 654 g/mol. The van der Waals surface area contributed by atoms with Crippen LogP contribution in [0, 0.1) is 12.7 Å². The molecule has 6 heteroatoms. The summed E-state index contributed by atoms with van der Waals surface area (Å²) < 4.78 is 36.1. The molecule has 0 atom stereocenters. The lowest BCUT2D eigenvalue weighted by molar-refractivity contribution is 0.183. The molecule has 1 aliphatic rings. The summed E-state index contributed by atoms with van der Waals surface area (Å²) in [6.45, 7) is 7.50. The van der Waals surface area contributed by atoms with Crippen molar-refractivity contribution in [1.82, 2.24) is 9.47 Å². The molecule has 1 aromatic heterocycles. The average molecular weight is 655 g/mol. The number of fused-ring (bicyclic) bond motifs is 1. The normalized spacial score (nSPS) is 13.4. The summed E-state index contributed by atoms with van der Waals surface area (Å²) in [7, 11) is 0. The van der Waals surface area contributed by atoms with Crippen LogP contribution >= 0.6 is 0 Å². The van der Waals surface area contributed by atoms with Crippen molar-refractivity contribution in [3.8, 4) is 28.5 Å². The van der Waals surface area contributed by atoms with E-state index in [-0.39, 0.29) is 11.6 Å². The van der Waals surface area contributed by atoms with Crippen LogP contribution in [-0.2, 0) is 19.8 Å². The minimum Gasteiger partial charge on any atom is -0.492 e. The number of piperidine rings is 1. The molecule has 6 aromatic rings. The van der Waals surface area contributed by atoms with Crippen LogP contribution in [0.25, 0.3) is 22.2 Å². The third-order valence-electron chi connectivity index (χ3n) is 9.37. The molecule has 0 N–H and O–H groups in total. The lowest BCUT2D eigenvalue weighted by Gasteiger charge is -2.26. The third-order valence-corrected chi connectivity index (χ3v) is 9.37. The summed E-state index contributed by atoms with van der Waals surface area (Å²) in [5.41, 5.74) is 7.12. The highest BCUT2D eigenvalue weighted by atomic mass is 19.1. The zero-order valence-corrected chi connectivity index (χ0v) is 28.1. The van der Waals surface area contributed by atoms with E-state index in [1.165, 1.54) is 32.4 Å². The van der Waals surface area contributed by atoms with Crippen LogP contribution in [0.5, 0.6) is 17.2 Å². The molecule has 0 radical (unpaired) electrons. The zero-order chi connectivity index (χ0) is 33.4. The Labute approximate surface area is 288 Å². The van der Waals surface area contributed by atoms with Gasteiger partial charge in [-0.1, -0.05) is 79.2 Å². The highest BCUT2D eigenvalue weighted by molar-refractivity contribution is 5.92. The van der Waals surface area contributed by atoms with Gasteiger partial charge in [-0.2, -0.15) is 0 Å². The predicted octanol–water partition coefficient (Wildman–Crippen LogP) is 9.83. The van der Waals surface area contributed by atoms with E-state index in [0.29, 0.717) is 26.4 Å². The average Bonchev–Trinajstić information content (AvgIpc) is 3.42. The first kappa shape index (κ1) is 32.5. The molecule has 0 unspecified atom stereocenters. The molecule has 0 aliphatic carbocycles. The van der Waals surface area contributed by atoms with Crippen molar-refractivity contribution in [1.29, 1.82) is 0 Å². The van der Waals surface area contributed by atoms with Crippen molar-refractivity contribution < 1.29 is 18.6 Å². The van der Waals surface area contributed by atoms with Gasteiger partial charge in [-0.05, 0) is 104 Å². The SMILES string of the molecule is Cc1c(-c2ccc(OCc3ccccc3)c(F)c2)n(Cc2ccc(OCCN3CCCCC3)cc2)c2ccc(OCc3ccccc3)cc12. The van der Waals surface area contributed by atoms with E-state index >= 15 is 4.39 Å². The van der Waals surface area contributed by atoms with Gasteiger partial charge in [-0.3, -0.25) is 4.90 Å². The largest absolute Gasteiger partial charge is 0.492 e. The molecule has 0 bridgehead atoms. The number of hydrogen-bond donors (Lipinski definition) is 0. The number of aryl methyl sites for hydroxylation is 1. The molecule has 0 spiro atoms. The molecule has 2 heterocycles. The molecule has 0 amide bonds. The number of nitrogens with zero attached hydrogens (tertiary/aromatic N) is 2. The van der Waals surface area contributed by atoms with E-state index in [1.807, 2.05) is 60.7 Å². The fourth-order valence-corrected chi connectivity index (χ4v) is 6.72. The second-order valence-corrected chi connectivity index (χ2v) is 12.8. The van der Waals surface area contributed by atoms with Gasteiger partial charge >= 0.3 is 0 Å². The molecular weight excluding hydrogens is 611 g/mol. The van der Waals surface area contributed by atoms with Gasteiger partial charge in [0, 0.05) is 29.6 Å². The molecular formula is C43H43FN2O3. The first-order valence-electron chi connectivity index (χ1n) is 17.3. The Balaban J connectivity index is 1.15. The molecule has 5 aromatic carbocycles. The number of aromatic nitrogens is 1. The Morgan fingerprint density at radius 1 is 0.633 bits per heavy atom. The van der Waals surface area contributed by atoms with Crippen LogP contribution in [-0.4, -0.2) is 35.7 Å². The van der Waals surface area contributed by atoms with Gasteiger partial charge in [0.1, 0.15) is 31.3 Å². The fraction of sp³-hybridized carbons (Fsp3) is 0.256. The summed E-state index contributed by atoms with van der Waals surface area (Å²) in [6, 6.07) is 39.8. The quantitative estimate of drug-likeness (QED) is 0.124. The van der Waals surface area contributed by atoms with Gasteiger partial charge in [-0.15, -0.1) is 0 Å². The second kappa shape index (κ2) is 15.4. The highest BCUT2D eigenvalue weighted by Crippen LogP contribution is 2.37. The van der Waals surface area contributed by atoms with Crippen LogP contribution in [0.3, 0.4) is 0 Å². The van der Waals surface area contributed by atoms with Crippen molar-refractivity contribution in [3.05, 3.63) is 149 Å². The maximum absolute atomic E-state index is 15.6. The second-order valence-electron chi connectivity index (χ2n) is 12.8. The van der Waals surface area contributed by atoms with Crippen LogP contribution in [0.15, 0.2) is 121 Å². The van der Waals surface area contributed by atoms with Crippen LogP contribution in [0.4, 0.5) is 4.39 Å². The number of halogens is 1. The maximum atomic E-state index is 15.6. The van der Waals surface area contributed by atoms with Crippen molar-refractivity contribution >= 4 is 10.9 Å². The summed E-state index contributed by atoms with van der Waals surface area (Å²) in [4.78, 5) is 2.49. The van der Waals surface area contributed by atoms with Crippen molar-refractivity contribution in [2.45, 2.75) is 45.9 Å². The van der Waals surface area contributed by atoms with Gasteiger partial charge < -0.3 is 18.8 Å². The van der Waals surface area contributed by atoms with Crippen molar-refractivity contribution in [3.63, 3.8) is 0 Å². The topological polar surface area (TPSA) is 35.9 Å². The molecule has 1 aliphatic heterocycles.